The summed E-state index contributed by atoms with van der Waals surface area (Å²) in [6, 6.07) is 12.0. The molecule has 0 amide bonds. The lowest BCUT2D eigenvalue weighted by Crippen LogP contribution is -2.19. The molecule has 0 aliphatic heterocycles. The first-order chi connectivity index (χ1) is 7.12. The van der Waals surface area contributed by atoms with Gasteiger partial charge in [-0.05, 0) is 31.0 Å². The first kappa shape index (κ1) is 11.8. The Morgan fingerprint density at radius 2 is 2.13 bits per heavy atom. The molecule has 1 aromatic carbocycles. The third kappa shape index (κ3) is 2.81. The van der Waals surface area contributed by atoms with E-state index in [9.17, 15) is 5.26 Å². The van der Waals surface area contributed by atoms with Gasteiger partial charge in [0.2, 0.25) is 0 Å². The van der Waals surface area contributed by atoms with E-state index in [1.165, 1.54) is 0 Å². The molecule has 0 heterocycles. The second kappa shape index (κ2) is 4.96. The van der Waals surface area contributed by atoms with Gasteiger partial charge in [0.15, 0.2) is 0 Å². The summed E-state index contributed by atoms with van der Waals surface area (Å²) in [5.41, 5.74) is 0.383. The van der Waals surface area contributed by atoms with Gasteiger partial charge in [-0.15, -0.1) is 0 Å². The van der Waals surface area contributed by atoms with E-state index in [1.807, 2.05) is 31.2 Å². The summed E-state index contributed by atoms with van der Waals surface area (Å²) in [7, 11) is 0. The Morgan fingerprint density at radius 3 is 2.67 bits per heavy atom. The number of benzene rings is 1. The van der Waals surface area contributed by atoms with Crippen molar-refractivity contribution in [3.63, 3.8) is 0 Å². The fourth-order valence-corrected chi connectivity index (χ4v) is 1.80. The van der Waals surface area contributed by atoms with Crippen LogP contribution in [0.1, 0.15) is 25.3 Å². The summed E-state index contributed by atoms with van der Waals surface area (Å²) in [6.07, 6.45) is 0.965. The summed E-state index contributed by atoms with van der Waals surface area (Å²) in [4.78, 5) is 0. The van der Waals surface area contributed by atoms with E-state index in [-0.39, 0.29) is 0 Å². The van der Waals surface area contributed by atoms with Crippen molar-refractivity contribution in [2.75, 3.05) is 0 Å². The standard InChI is InChI=1S/C12H11BrN2/c1-12(9-15,6-3-7-14)10-4-2-5-11(13)8-10/h2,4-5,8H,3,6H2,1H3. The van der Waals surface area contributed by atoms with Gasteiger partial charge in [0.1, 0.15) is 0 Å². The van der Waals surface area contributed by atoms with Crippen LogP contribution in [0.5, 0.6) is 0 Å². The van der Waals surface area contributed by atoms with E-state index in [4.69, 9.17) is 5.26 Å². The molecule has 1 rings (SSSR count). The highest BCUT2D eigenvalue weighted by molar-refractivity contribution is 9.10. The molecule has 0 aliphatic rings. The largest absolute Gasteiger partial charge is 0.198 e. The Hall–Kier alpha value is -1.32. The molecule has 0 saturated heterocycles. The van der Waals surface area contributed by atoms with Gasteiger partial charge in [0, 0.05) is 10.9 Å². The van der Waals surface area contributed by atoms with Gasteiger partial charge in [-0.2, -0.15) is 10.5 Å². The van der Waals surface area contributed by atoms with Crippen LogP contribution in [0.2, 0.25) is 0 Å². The van der Waals surface area contributed by atoms with E-state index in [0.29, 0.717) is 12.8 Å². The van der Waals surface area contributed by atoms with Crippen LogP contribution < -0.4 is 0 Å². The molecule has 0 aromatic heterocycles. The SMILES string of the molecule is CC(C#N)(CCC#N)c1cccc(Br)c1. The zero-order valence-electron chi connectivity index (χ0n) is 8.50. The minimum atomic E-state index is -0.570. The van der Waals surface area contributed by atoms with Crippen molar-refractivity contribution in [3.8, 4) is 12.1 Å². The molecular weight excluding hydrogens is 252 g/mol. The van der Waals surface area contributed by atoms with E-state index >= 15 is 0 Å². The lowest BCUT2D eigenvalue weighted by Gasteiger charge is -2.20. The average molecular weight is 263 g/mol. The van der Waals surface area contributed by atoms with Crippen LogP contribution in [0.15, 0.2) is 28.7 Å². The van der Waals surface area contributed by atoms with Crippen LogP contribution in [-0.4, -0.2) is 0 Å². The van der Waals surface area contributed by atoms with E-state index in [1.54, 1.807) is 0 Å². The molecule has 76 valence electrons. The molecule has 0 saturated carbocycles. The van der Waals surface area contributed by atoms with Crippen molar-refractivity contribution in [1.29, 1.82) is 10.5 Å². The second-order valence-electron chi connectivity index (χ2n) is 3.61. The maximum absolute atomic E-state index is 9.18. The normalized spacial score (nSPS) is 13.6. The van der Waals surface area contributed by atoms with Crippen molar-refractivity contribution in [2.24, 2.45) is 0 Å². The van der Waals surface area contributed by atoms with Gasteiger partial charge < -0.3 is 0 Å². The Morgan fingerprint density at radius 1 is 1.40 bits per heavy atom. The summed E-state index contributed by atoms with van der Waals surface area (Å²) < 4.78 is 0.957. The summed E-state index contributed by atoms with van der Waals surface area (Å²) in [6.45, 7) is 1.87. The molecule has 1 unspecified atom stereocenters. The van der Waals surface area contributed by atoms with Gasteiger partial charge >= 0.3 is 0 Å². The highest BCUT2D eigenvalue weighted by atomic mass is 79.9. The Kier molecular flexibility index (Phi) is 3.88. The third-order valence-electron chi connectivity index (χ3n) is 2.45. The predicted octanol–water partition coefficient (Wildman–Crippen LogP) is 3.53. The fourth-order valence-electron chi connectivity index (χ4n) is 1.40. The lowest BCUT2D eigenvalue weighted by atomic mass is 9.80. The third-order valence-corrected chi connectivity index (χ3v) is 2.94. The minimum absolute atomic E-state index is 0.399. The first-order valence-corrected chi connectivity index (χ1v) is 5.46. The molecule has 3 heteroatoms. The van der Waals surface area contributed by atoms with E-state index in [0.717, 1.165) is 10.0 Å². The number of nitrogens with zero attached hydrogens (tertiary/aromatic N) is 2. The van der Waals surface area contributed by atoms with Crippen LogP contribution in [0, 0.1) is 22.7 Å². The molecule has 0 spiro atoms. The molecule has 0 radical (unpaired) electrons. The highest BCUT2D eigenvalue weighted by Gasteiger charge is 2.25. The average Bonchev–Trinajstić information content (AvgIpc) is 2.26. The quantitative estimate of drug-likeness (QED) is 0.837. The topological polar surface area (TPSA) is 47.6 Å². The maximum atomic E-state index is 9.18. The maximum Gasteiger partial charge on any atom is 0.0804 e. The summed E-state index contributed by atoms with van der Waals surface area (Å²) >= 11 is 3.38. The highest BCUT2D eigenvalue weighted by Crippen LogP contribution is 2.29. The second-order valence-corrected chi connectivity index (χ2v) is 4.53. The van der Waals surface area contributed by atoms with Crippen LogP contribution >= 0.6 is 15.9 Å². The van der Waals surface area contributed by atoms with Gasteiger partial charge in [0.05, 0.1) is 17.6 Å². The Bertz CT molecular complexity index is 428. The fraction of sp³-hybridized carbons (Fsp3) is 0.333. The Labute approximate surface area is 98.3 Å². The van der Waals surface area contributed by atoms with Crippen LogP contribution in [0.4, 0.5) is 0 Å². The summed E-state index contributed by atoms with van der Waals surface area (Å²) in [5, 5.41) is 17.7. The zero-order valence-corrected chi connectivity index (χ0v) is 10.1. The van der Waals surface area contributed by atoms with Gasteiger partial charge in [-0.25, -0.2) is 0 Å². The molecule has 0 aliphatic carbocycles. The monoisotopic (exact) mass is 262 g/mol. The lowest BCUT2D eigenvalue weighted by molar-refractivity contribution is 0.562. The smallest absolute Gasteiger partial charge is 0.0804 e. The first-order valence-electron chi connectivity index (χ1n) is 4.66. The minimum Gasteiger partial charge on any atom is -0.198 e. The molecule has 15 heavy (non-hydrogen) atoms. The van der Waals surface area contributed by atoms with E-state index < -0.39 is 5.41 Å². The van der Waals surface area contributed by atoms with Crippen LogP contribution in [0.25, 0.3) is 0 Å². The molecule has 1 atom stereocenters. The molecule has 1 aromatic rings. The number of nitriles is 2. The zero-order chi connectivity index (χ0) is 11.3. The predicted molar refractivity (Wildman–Crippen MR) is 62.0 cm³/mol. The number of halogens is 1. The van der Waals surface area contributed by atoms with Gasteiger partial charge in [-0.1, -0.05) is 28.1 Å². The Balaban J connectivity index is 3.02. The van der Waals surface area contributed by atoms with Gasteiger partial charge in [-0.3, -0.25) is 0 Å². The molecule has 0 N–H and O–H groups in total. The number of hydrogen-bond donors (Lipinski definition) is 0. The van der Waals surface area contributed by atoms with Crippen molar-refractivity contribution in [1.82, 2.24) is 0 Å². The molecule has 0 fully saturated rings. The van der Waals surface area contributed by atoms with Gasteiger partial charge in [0.25, 0.3) is 0 Å². The van der Waals surface area contributed by atoms with Crippen molar-refractivity contribution >= 4 is 15.9 Å². The van der Waals surface area contributed by atoms with Crippen molar-refractivity contribution in [3.05, 3.63) is 34.3 Å². The molecule has 2 nitrogen and oxygen atoms in total. The molecular formula is C12H11BrN2. The number of hydrogen-bond acceptors (Lipinski definition) is 2. The summed E-state index contributed by atoms with van der Waals surface area (Å²) in [5.74, 6) is 0. The van der Waals surface area contributed by atoms with Crippen LogP contribution in [0.3, 0.4) is 0 Å². The van der Waals surface area contributed by atoms with Crippen molar-refractivity contribution in [2.45, 2.75) is 25.2 Å². The molecule has 0 bridgehead atoms. The van der Waals surface area contributed by atoms with Crippen molar-refractivity contribution < 1.29 is 0 Å². The number of rotatable bonds is 3. The van der Waals surface area contributed by atoms with E-state index in [2.05, 4.69) is 28.1 Å². The van der Waals surface area contributed by atoms with Crippen LogP contribution in [-0.2, 0) is 5.41 Å².